The lowest BCUT2D eigenvalue weighted by Gasteiger charge is -2.02. The molecule has 0 aliphatic carbocycles. The first-order valence-electron chi connectivity index (χ1n) is 7.89. The Bertz CT molecular complexity index is 1050. The lowest BCUT2D eigenvalue weighted by atomic mass is 10.1. The number of fused-ring (bicyclic) bond motifs is 2. The Hall–Kier alpha value is -3.54. The van der Waals surface area contributed by atoms with Crippen LogP contribution >= 0.6 is 0 Å². The maximum absolute atomic E-state index is 12.0. The quantitative estimate of drug-likeness (QED) is 0.462. The second-order valence-corrected chi connectivity index (χ2v) is 5.58. The van der Waals surface area contributed by atoms with Crippen LogP contribution in [-0.2, 0) is 11.3 Å². The molecule has 1 N–H and O–H groups in total. The van der Waals surface area contributed by atoms with Crippen LogP contribution in [0.15, 0.2) is 71.8 Å². The number of carbonyl (C=O) groups excluding carboxylic acids is 1. The minimum Gasteiger partial charge on any atom is -0.271 e. The van der Waals surface area contributed by atoms with Gasteiger partial charge in [0.05, 0.1) is 6.21 Å². The fraction of sp³-hybridized carbons (Fsp3) is 0.0526. The maximum atomic E-state index is 12.0. The van der Waals surface area contributed by atoms with E-state index in [-0.39, 0.29) is 12.5 Å². The Balaban J connectivity index is 1.45. The molecule has 1 aromatic heterocycles. The molecule has 6 nitrogen and oxygen atoms in total. The smallest absolute Gasteiger partial charge is 0.263 e. The average molecular weight is 329 g/mol. The van der Waals surface area contributed by atoms with Gasteiger partial charge in [0.25, 0.3) is 5.91 Å². The van der Waals surface area contributed by atoms with Crippen molar-refractivity contribution in [2.75, 3.05) is 0 Å². The van der Waals surface area contributed by atoms with Crippen LogP contribution in [0.4, 0.5) is 0 Å². The number of amides is 1. The van der Waals surface area contributed by atoms with E-state index < -0.39 is 0 Å². The van der Waals surface area contributed by atoms with E-state index in [1.54, 1.807) is 6.21 Å². The predicted molar refractivity (Wildman–Crippen MR) is 97.2 cm³/mol. The van der Waals surface area contributed by atoms with Gasteiger partial charge in [0, 0.05) is 5.56 Å². The van der Waals surface area contributed by atoms with Crippen molar-refractivity contribution < 1.29 is 4.79 Å². The normalized spacial score (nSPS) is 11.4. The van der Waals surface area contributed by atoms with Gasteiger partial charge in [-0.3, -0.25) is 4.79 Å². The highest BCUT2D eigenvalue weighted by molar-refractivity contribution is 5.99. The number of benzene rings is 3. The predicted octanol–water partition coefficient (Wildman–Crippen LogP) is 2.73. The highest BCUT2D eigenvalue weighted by atomic mass is 16.2. The molecule has 25 heavy (non-hydrogen) atoms. The molecular formula is C19H15N5O. The SMILES string of the molecule is O=C(Cn1nc2ccccc2n1)NN=Cc1cccc2ccccc12. The number of hydrogen-bond acceptors (Lipinski definition) is 4. The first kappa shape index (κ1) is 15.0. The summed E-state index contributed by atoms with van der Waals surface area (Å²) in [6.07, 6.45) is 1.65. The summed E-state index contributed by atoms with van der Waals surface area (Å²) >= 11 is 0. The number of nitrogens with one attached hydrogen (secondary N) is 1. The molecule has 122 valence electrons. The Kier molecular flexibility index (Phi) is 3.92. The molecule has 0 fully saturated rings. The topological polar surface area (TPSA) is 72.2 Å². The third kappa shape index (κ3) is 3.23. The molecule has 0 spiro atoms. The molecule has 0 radical (unpaired) electrons. The number of hydrazone groups is 1. The largest absolute Gasteiger partial charge is 0.271 e. The van der Waals surface area contributed by atoms with Crippen molar-refractivity contribution in [1.29, 1.82) is 0 Å². The first-order valence-corrected chi connectivity index (χ1v) is 7.89. The van der Waals surface area contributed by atoms with Crippen molar-refractivity contribution in [2.45, 2.75) is 6.54 Å². The van der Waals surface area contributed by atoms with Crippen LogP contribution in [0.5, 0.6) is 0 Å². The number of hydrogen-bond donors (Lipinski definition) is 1. The first-order chi connectivity index (χ1) is 12.3. The summed E-state index contributed by atoms with van der Waals surface area (Å²) in [4.78, 5) is 13.4. The summed E-state index contributed by atoms with van der Waals surface area (Å²) in [6.45, 7) is 0.0154. The average Bonchev–Trinajstić information content (AvgIpc) is 3.04. The van der Waals surface area contributed by atoms with E-state index in [1.165, 1.54) is 4.80 Å². The van der Waals surface area contributed by atoms with Gasteiger partial charge in [-0.2, -0.15) is 20.1 Å². The van der Waals surface area contributed by atoms with Gasteiger partial charge in [0.15, 0.2) is 0 Å². The van der Waals surface area contributed by atoms with Crippen LogP contribution in [0, 0.1) is 0 Å². The molecule has 6 heteroatoms. The van der Waals surface area contributed by atoms with Gasteiger partial charge in [-0.15, -0.1) is 0 Å². The lowest BCUT2D eigenvalue weighted by Crippen LogP contribution is -2.24. The zero-order valence-corrected chi connectivity index (χ0v) is 13.3. The molecule has 0 aliphatic rings. The minimum atomic E-state index is -0.281. The molecule has 0 aliphatic heterocycles. The van der Waals surface area contributed by atoms with Crippen LogP contribution in [0.3, 0.4) is 0 Å². The summed E-state index contributed by atoms with van der Waals surface area (Å²) in [7, 11) is 0. The second kappa shape index (κ2) is 6.52. The molecule has 1 heterocycles. The molecule has 0 unspecified atom stereocenters. The Morgan fingerprint density at radius 1 is 0.960 bits per heavy atom. The summed E-state index contributed by atoms with van der Waals surface area (Å²) in [6, 6.07) is 21.5. The van der Waals surface area contributed by atoms with Gasteiger partial charge < -0.3 is 0 Å². The zero-order chi connectivity index (χ0) is 17.1. The van der Waals surface area contributed by atoms with Gasteiger partial charge in [-0.1, -0.05) is 54.6 Å². The van der Waals surface area contributed by atoms with Crippen LogP contribution in [-0.4, -0.2) is 27.1 Å². The highest BCUT2D eigenvalue weighted by Crippen LogP contribution is 2.16. The van der Waals surface area contributed by atoms with E-state index in [0.29, 0.717) is 0 Å². The molecular weight excluding hydrogens is 314 g/mol. The Morgan fingerprint density at radius 3 is 2.44 bits per heavy atom. The Labute approximate surface area is 143 Å². The van der Waals surface area contributed by atoms with E-state index in [4.69, 9.17) is 0 Å². The molecule has 4 aromatic rings. The van der Waals surface area contributed by atoms with Crippen LogP contribution in [0.2, 0.25) is 0 Å². The van der Waals surface area contributed by atoms with Crippen LogP contribution in [0.1, 0.15) is 5.56 Å². The fourth-order valence-electron chi connectivity index (χ4n) is 2.68. The number of rotatable bonds is 4. The lowest BCUT2D eigenvalue weighted by molar-refractivity contribution is -0.122. The molecule has 0 saturated heterocycles. The van der Waals surface area contributed by atoms with E-state index in [2.05, 4.69) is 20.7 Å². The van der Waals surface area contributed by atoms with E-state index in [1.807, 2.05) is 66.7 Å². The standard InChI is InChI=1S/C19H15N5O/c25-19(13-24-22-17-10-3-4-11-18(17)23-24)21-20-12-15-8-5-7-14-6-1-2-9-16(14)15/h1-12H,13H2,(H,21,25). The second-order valence-electron chi connectivity index (χ2n) is 5.58. The number of aromatic nitrogens is 3. The highest BCUT2D eigenvalue weighted by Gasteiger charge is 2.06. The van der Waals surface area contributed by atoms with Gasteiger partial charge in [0.1, 0.15) is 17.6 Å². The monoisotopic (exact) mass is 329 g/mol. The maximum Gasteiger partial charge on any atom is 0.263 e. The van der Waals surface area contributed by atoms with Crippen molar-refractivity contribution in [3.8, 4) is 0 Å². The molecule has 0 saturated carbocycles. The molecule has 3 aromatic carbocycles. The molecule has 0 atom stereocenters. The number of nitrogens with zero attached hydrogens (tertiary/aromatic N) is 4. The van der Waals surface area contributed by atoms with Crippen LogP contribution < -0.4 is 5.43 Å². The molecule has 4 rings (SSSR count). The summed E-state index contributed by atoms with van der Waals surface area (Å²) in [5.74, 6) is -0.281. The third-order valence-corrected chi connectivity index (χ3v) is 3.83. The minimum absolute atomic E-state index is 0.0154. The summed E-state index contributed by atoms with van der Waals surface area (Å²) in [5, 5.41) is 14.8. The van der Waals surface area contributed by atoms with Crippen LogP contribution in [0.25, 0.3) is 21.8 Å². The van der Waals surface area contributed by atoms with Crippen molar-refractivity contribution in [1.82, 2.24) is 20.4 Å². The van der Waals surface area contributed by atoms with Crippen molar-refractivity contribution in [2.24, 2.45) is 5.10 Å². The molecule has 1 amide bonds. The van der Waals surface area contributed by atoms with Gasteiger partial charge >= 0.3 is 0 Å². The van der Waals surface area contributed by atoms with E-state index >= 15 is 0 Å². The van der Waals surface area contributed by atoms with Gasteiger partial charge in [-0.25, -0.2) is 5.43 Å². The third-order valence-electron chi connectivity index (χ3n) is 3.83. The number of carbonyl (C=O) groups is 1. The molecule has 0 bridgehead atoms. The fourth-order valence-corrected chi connectivity index (χ4v) is 2.68. The zero-order valence-electron chi connectivity index (χ0n) is 13.3. The summed E-state index contributed by atoms with van der Waals surface area (Å²) in [5.41, 5.74) is 4.98. The van der Waals surface area contributed by atoms with Gasteiger partial charge in [0.2, 0.25) is 0 Å². The summed E-state index contributed by atoms with van der Waals surface area (Å²) < 4.78 is 0. The van der Waals surface area contributed by atoms with Crippen molar-refractivity contribution >= 4 is 33.9 Å². The van der Waals surface area contributed by atoms with Crippen molar-refractivity contribution in [3.63, 3.8) is 0 Å². The van der Waals surface area contributed by atoms with E-state index in [0.717, 1.165) is 27.4 Å². The Morgan fingerprint density at radius 2 is 1.64 bits per heavy atom. The van der Waals surface area contributed by atoms with Gasteiger partial charge in [-0.05, 0) is 22.9 Å². The van der Waals surface area contributed by atoms with Crippen molar-refractivity contribution in [3.05, 3.63) is 72.3 Å². The van der Waals surface area contributed by atoms with E-state index in [9.17, 15) is 4.79 Å².